The van der Waals surface area contributed by atoms with Crippen LogP contribution in [-0.2, 0) is 12.8 Å². The highest BCUT2D eigenvalue weighted by molar-refractivity contribution is 5.33. The summed E-state index contributed by atoms with van der Waals surface area (Å²) in [6.45, 7) is 2.17. The average Bonchev–Trinajstić information content (AvgIpc) is 2.46. The molecular formula is C18H20O. The fraction of sp³-hybridized carbons (Fsp3) is 0.333. The number of rotatable bonds is 2. The van der Waals surface area contributed by atoms with Crippen molar-refractivity contribution in [2.75, 3.05) is 0 Å². The summed E-state index contributed by atoms with van der Waals surface area (Å²) in [6, 6.07) is 18.9. The molecule has 1 N–H and O–H groups in total. The third-order valence-corrected chi connectivity index (χ3v) is 4.44. The molecule has 0 fully saturated rings. The number of aliphatic hydroxyl groups excluding tert-OH is 1. The molecule has 1 aliphatic rings. The Kier molecular flexibility index (Phi) is 3.39. The van der Waals surface area contributed by atoms with Crippen molar-refractivity contribution in [3.05, 3.63) is 71.3 Å². The van der Waals surface area contributed by atoms with Crippen molar-refractivity contribution in [3.63, 3.8) is 0 Å². The normalized spacial score (nSPS) is 25.9. The summed E-state index contributed by atoms with van der Waals surface area (Å²) in [6.07, 6.45) is 1.80. The minimum atomic E-state index is -0.321. The smallest absolute Gasteiger partial charge is 0.0821 e. The van der Waals surface area contributed by atoms with Crippen molar-refractivity contribution < 1.29 is 5.11 Å². The Bertz CT molecular complexity index is 547. The maximum atomic E-state index is 10.5. The predicted octanol–water partition coefficient (Wildman–Crippen LogP) is 3.77. The van der Waals surface area contributed by atoms with E-state index < -0.39 is 0 Å². The number of benzene rings is 2. The van der Waals surface area contributed by atoms with Gasteiger partial charge in [-0.2, -0.15) is 0 Å². The van der Waals surface area contributed by atoms with E-state index in [-0.39, 0.29) is 6.10 Å². The van der Waals surface area contributed by atoms with Crippen LogP contribution < -0.4 is 0 Å². The zero-order chi connectivity index (χ0) is 13.2. The molecular weight excluding hydrogens is 232 g/mol. The Morgan fingerprint density at radius 2 is 1.68 bits per heavy atom. The zero-order valence-electron chi connectivity index (χ0n) is 11.3. The molecule has 2 aromatic carbocycles. The number of hydrogen-bond donors (Lipinski definition) is 1. The number of aliphatic hydroxyl groups is 1. The van der Waals surface area contributed by atoms with E-state index in [1.807, 2.05) is 6.07 Å². The first-order valence-electron chi connectivity index (χ1n) is 7.05. The molecule has 0 saturated carbocycles. The first-order valence-corrected chi connectivity index (χ1v) is 7.05. The molecule has 0 radical (unpaired) electrons. The largest absolute Gasteiger partial charge is 0.388 e. The Morgan fingerprint density at radius 3 is 2.47 bits per heavy atom. The van der Waals surface area contributed by atoms with Crippen LogP contribution in [0.5, 0.6) is 0 Å². The predicted molar refractivity (Wildman–Crippen MR) is 77.9 cm³/mol. The van der Waals surface area contributed by atoms with Crippen molar-refractivity contribution >= 4 is 0 Å². The second kappa shape index (κ2) is 5.18. The van der Waals surface area contributed by atoms with Crippen LogP contribution in [-0.4, -0.2) is 5.11 Å². The summed E-state index contributed by atoms with van der Waals surface area (Å²) in [5.41, 5.74) is 3.80. The second-order valence-corrected chi connectivity index (χ2v) is 5.66. The molecule has 0 aliphatic heterocycles. The van der Waals surface area contributed by atoms with Crippen LogP contribution in [0, 0.1) is 11.8 Å². The van der Waals surface area contributed by atoms with Crippen molar-refractivity contribution in [1.82, 2.24) is 0 Å². The van der Waals surface area contributed by atoms with Gasteiger partial charge in [0.25, 0.3) is 0 Å². The summed E-state index contributed by atoms with van der Waals surface area (Å²) in [7, 11) is 0. The molecule has 2 aromatic rings. The van der Waals surface area contributed by atoms with Gasteiger partial charge in [0.05, 0.1) is 6.10 Å². The molecule has 3 rings (SSSR count). The molecule has 1 aliphatic carbocycles. The molecule has 1 heteroatoms. The highest BCUT2D eigenvalue weighted by Crippen LogP contribution is 2.39. The van der Waals surface area contributed by atoms with E-state index in [0.717, 1.165) is 18.4 Å². The molecule has 98 valence electrons. The van der Waals surface area contributed by atoms with Crippen LogP contribution in [0.25, 0.3) is 0 Å². The van der Waals surface area contributed by atoms with E-state index in [1.165, 1.54) is 11.1 Å². The van der Waals surface area contributed by atoms with Gasteiger partial charge in [0.15, 0.2) is 0 Å². The minimum absolute atomic E-state index is 0.315. The molecule has 3 unspecified atom stereocenters. The summed E-state index contributed by atoms with van der Waals surface area (Å²) in [5.74, 6) is 0.836. The molecule has 0 heterocycles. The molecule has 0 spiro atoms. The minimum Gasteiger partial charge on any atom is -0.388 e. The molecule has 1 nitrogen and oxygen atoms in total. The summed E-state index contributed by atoms with van der Waals surface area (Å²) in [5, 5.41) is 10.5. The fourth-order valence-electron chi connectivity index (χ4n) is 3.19. The molecule has 0 bridgehead atoms. The first kappa shape index (κ1) is 12.4. The summed E-state index contributed by atoms with van der Waals surface area (Å²) in [4.78, 5) is 0. The fourth-order valence-corrected chi connectivity index (χ4v) is 3.19. The third kappa shape index (κ3) is 2.43. The van der Waals surface area contributed by atoms with E-state index in [4.69, 9.17) is 0 Å². The summed E-state index contributed by atoms with van der Waals surface area (Å²) >= 11 is 0. The zero-order valence-corrected chi connectivity index (χ0v) is 11.3. The standard InChI is InChI=1S/C18H20O/c1-13-16(11-14-7-3-2-4-8-14)12-15-9-5-6-10-17(15)18(13)19/h2-10,13,16,18-19H,11-12H2,1H3. The van der Waals surface area contributed by atoms with Gasteiger partial charge < -0.3 is 5.11 Å². The third-order valence-electron chi connectivity index (χ3n) is 4.44. The van der Waals surface area contributed by atoms with Gasteiger partial charge in [-0.3, -0.25) is 0 Å². The van der Waals surface area contributed by atoms with Crippen molar-refractivity contribution in [3.8, 4) is 0 Å². The maximum absolute atomic E-state index is 10.5. The van der Waals surface area contributed by atoms with E-state index >= 15 is 0 Å². The lowest BCUT2D eigenvalue weighted by molar-refractivity contribution is 0.0698. The van der Waals surface area contributed by atoms with E-state index in [2.05, 4.69) is 55.5 Å². The highest BCUT2D eigenvalue weighted by atomic mass is 16.3. The molecule has 3 atom stereocenters. The molecule has 19 heavy (non-hydrogen) atoms. The van der Waals surface area contributed by atoms with E-state index in [0.29, 0.717) is 11.8 Å². The van der Waals surface area contributed by atoms with E-state index in [9.17, 15) is 5.11 Å². The van der Waals surface area contributed by atoms with Crippen LogP contribution >= 0.6 is 0 Å². The highest BCUT2D eigenvalue weighted by Gasteiger charge is 2.32. The maximum Gasteiger partial charge on any atom is 0.0821 e. The lowest BCUT2D eigenvalue weighted by Gasteiger charge is -2.35. The van der Waals surface area contributed by atoms with Crippen LogP contribution in [0.1, 0.15) is 29.7 Å². The Labute approximate surface area is 114 Å². The van der Waals surface area contributed by atoms with Crippen molar-refractivity contribution in [2.45, 2.75) is 25.9 Å². The van der Waals surface area contributed by atoms with Gasteiger partial charge in [-0.25, -0.2) is 0 Å². The lowest BCUT2D eigenvalue weighted by Crippen LogP contribution is -2.29. The van der Waals surface area contributed by atoms with Crippen molar-refractivity contribution in [2.24, 2.45) is 11.8 Å². The van der Waals surface area contributed by atoms with Crippen molar-refractivity contribution in [1.29, 1.82) is 0 Å². The van der Waals surface area contributed by atoms with Gasteiger partial charge in [0.1, 0.15) is 0 Å². The topological polar surface area (TPSA) is 20.2 Å². The van der Waals surface area contributed by atoms with Gasteiger partial charge in [0, 0.05) is 0 Å². The van der Waals surface area contributed by atoms with Gasteiger partial charge in [-0.15, -0.1) is 0 Å². The van der Waals surface area contributed by atoms with Crippen LogP contribution in [0.4, 0.5) is 0 Å². The van der Waals surface area contributed by atoms with Gasteiger partial charge >= 0.3 is 0 Å². The second-order valence-electron chi connectivity index (χ2n) is 5.66. The van der Waals surface area contributed by atoms with Gasteiger partial charge in [-0.1, -0.05) is 61.5 Å². The number of fused-ring (bicyclic) bond motifs is 1. The van der Waals surface area contributed by atoms with Crippen LogP contribution in [0.2, 0.25) is 0 Å². The Morgan fingerprint density at radius 1 is 1.00 bits per heavy atom. The van der Waals surface area contributed by atoms with Gasteiger partial charge in [0.2, 0.25) is 0 Å². The first-order chi connectivity index (χ1) is 9.25. The number of hydrogen-bond acceptors (Lipinski definition) is 1. The quantitative estimate of drug-likeness (QED) is 0.862. The summed E-state index contributed by atoms with van der Waals surface area (Å²) < 4.78 is 0. The average molecular weight is 252 g/mol. The van der Waals surface area contributed by atoms with Crippen LogP contribution in [0.15, 0.2) is 54.6 Å². The Balaban J connectivity index is 1.85. The molecule has 0 aromatic heterocycles. The lowest BCUT2D eigenvalue weighted by atomic mass is 9.72. The molecule has 0 saturated heterocycles. The molecule has 0 amide bonds. The monoisotopic (exact) mass is 252 g/mol. The van der Waals surface area contributed by atoms with Crippen LogP contribution in [0.3, 0.4) is 0 Å². The Hall–Kier alpha value is -1.60. The van der Waals surface area contributed by atoms with E-state index in [1.54, 1.807) is 0 Å². The SMILES string of the molecule is CC1C(Cc2ccccc2)Cc2ccccc2C1O. The van der Waals surface area contributed by atoms with Gasteiger partial charge in [-0.05, 0) is 41.4 Å².